The molecule has 0 saturated carbocycles. The maximum Gasteiger partial charge on any atom is 0.258 e. The standard InChI is InChI=1S/C6H11N5O3S/c1-11-6(2-3-8-11)15(13,14)9-4-5(7)10-12/h2-3,9,12H,4H2,1H3,(H2,7,10). The average molecular weight is 233 g/mol. The van der Waals surface area contributed by atoms with E-state index in [-0.39, 0.29) is 17.4 Å². The van der Waals surface area contributed by atoms with Crippen LogP contribution in [0.1, 0.15) is 0 Å². The Morgan fingerprint density at radius 3 is 2.93 bits per heavy atom. The summed E-state index contributed by atoms with van der Waals surface area (Å²) in [5.74, 6) is -0.222. The molecule has 9 heteroatoms. The molecular weight excluding hydrogens is 222 g/mol. The van der Waals surface area contributed by atoms with Crippen LogP contribution in [0.3, 0.4) is 0 Å². The highest BCUT2D eigenvalue weighted by Gasteiger charge is 2.17. The number of aromatic nitrogens is 2. The molecule has 0 aliphatic rings. The van der Waals surface area contributed by atoms with E-state index >= 15 is 0 Å². The zero-order valence-corrected chi connectivity index (χ0v) is 8.77. The lowest BCUT2D eigenvalue weighted by Gasteiger charge is -2.05. The Kier molecular flexibility index (Phi) is 3.27. The number of rotatable bonds is 4. The quantitative estimate of drug-likeness (QED) is 0.251. The van der Waals surface area contributed by atoms with Crippen molar-refractivity contribution in [2.45, 2.75) is 5.03 Å². The number of oxime groups is 1. The summed E-state index contributed by atoms with van der Waals surface area (Å²) in [7, 11) is -2.18. The van der Waals surface area contributed by atoms with Crippen molar-refractivity contribution in [3.63, 3.8) is 0 Å². The minimum atomic E-state index is -3.67. The van der Waals surface area contributed by atoms with Crippen molar-refractivity contribution in [1.29, 1.82) is 0 Å². The zero-order valence-electron chi connectivity index (χ0n) is 7.95. The fourth-order valence-electron chi connectivity index (χ4n) is 0.904. The molecule has 15 heavy (non-hydrogen) atoms. The largest absolute Gasteiger partial charge is 0.409 e. The molecule has 0 fully saturated rings. The molecule has 0 aromatic carbocycles. The minimum absolute atomic E-state index is 0.00763. The minimum Gasteiger partial charge on any atom is -0.409 e. The lowest BCUT2D eigenvalue weighted by atomic mass is 10.6. The molecule has 0 radical (unpaired) electrons. The van der Waals surface area contributed by atoms with E-state index in [1.807, 2.05) is 0 Å². The molecule has 4 N–H and O–H groups in total. The number of aryl methyl sites for hydroxylation is 1. The van der Waals surface area contributed by atoms with Crippen LogP contribution in [-0.2, 0) is 17.1 Å². The Labute approximate surface area is 86.4 Å². The van der Waals surface area contributed by atoms with Crippen LogP contribution in [0.4, 0.5) is 0 Å². The highest BCUT2D eigenvalue weighted by Crippen LogP contribution is 2.04. The Hall–Kier alpha value is -1.61. The molecular formula is C6H11N5O3S. The summed E-state index contributed by atoms with van der Waals surface area (Å²) in [6.45, 7) is -0.260. The predicted octanol–water partition coefficient (Wildman–Crippen LogP) is -1.56. The molecule has 0 aliphatic carbocycles. The topological polar surface area (TPSA) is 123 Å². The first-order valence-electron chi connectivity index (χ1n) is 3.91. The molecule has 1 rings (SSSR count). The Bertz CT molecular complexity index is 463. The van der Waals surface area contributed by atoms with E-state index < -0.39 is 10.0 Å². The first-order valence-corrected chi connectivity index (χ1v) is 5.40. The molecule has 0 unspecified atom stereocenters. The lowest BCUT2D eigenvalue weighted by molar-refractivity contribution is 0.317. The van der Waals surface area contributed by atoms with E-state index in [9.17, 15) is 8.42 Å². The van der Waals surface area contributed by atoms with Gasteiger partial charge in [-0.3, -0.25) is 4.68 Å². The van der Waals surface area contributed by atoms with Crippen LogP contribution in [0.2, 0.25) is 0 Å². The molecule has 1 heterocycles. The summed E-state index contributed by atoms with van der Waals surface area (Å²) in [6, 6.07) is 1.34. The smallest absolute Gasteiger partial charge is 0.258 e. The van der Waals surface area contributed by atoms with Crippen molar-refractivity contribution in [3.05, 3.63) is 12.3 Å². The summed E-state index contributed by atoms with van der Waals surface area (Å²) in [5.41, 5.74) is 5.12. The maximum atomic E-state index is 11.6. The highest BCUT2D eigenvalue weighted by atomic mass is 32.2. The van der Waals surface area contributed by atoms with Gasteiger partial charge in [-0.05, 0) is 6.07 Å². The van der Waals surface area contributed by atoms with E-state index in [1.165, 1.54) is 24.0 Å². The summed E-state index contributed by atoms with van der Waals surface area (Å²) in [6.07, 6.45) is 1.36. The normalized spacial score (nSPS) is 13.0. The number of amidine groups is 1. The van der Waals surface area contributed by atoms with E-state index in [2.05, 4.69) is 15.0 Å². The summed E-state index contributed by atoms with van der Waals surface area (Å²) in [4.78, 5) is 0. The number of hydrogen-bond donors (Lipinski definition) is 3. The monoisotopic (exact) mass is 233 g/mol. The molecule has 0 bridgehead atoms. The van der Waals surface area contributed by atoms with E-state index in [1.54, 1.807) is 0 Å². The zero-order chi connectivity index (χ0) is 11.5. The third kappa shape index (κ3) is 2.67. The van der Waals surface area contributed by atoms with Gasteiger partial charge in [-0.2, -0.15) is 5.10 Å². The average Bonchev–Trinajstić information content (AvgIpc) is 2.61. The summed E-state index contributed by atoms with van der Waals surface area (Å²) >= 11 is 0. The van der Waals surface area contributed by atoms with E-state index in [4.69, 9.17) is 10.9 Å². The van der Waals surface area contributed by atoms with Gasteiger partial charge in [-0.25, -0.2) is 13.1 Å². The van der Waals surface area contributed by atoms with Gasteiger partial charge in [-0.1, -0.05) is 5.16 Å². The second-order valence-electron chi connectivity index (χ2n) is 2.71. The second kappa shape index (κ2) is 4.28. The second-order valence-corrected chi connectivity index (χ2v) is 4.42. The molecule has 0 spiro atoms. The van der Waals surface area contributed by atoms with Gasteiger partial charge < -0.3 is 10.9 Å². The van der Waals surface area contributed by atoms with Crippen LogP contribution >= 0.6 is 0 Å². The van der Waals surface area contributed by atoms with E-state index in [0.29, 0.717) is 0 Å². The molecule has 1 aromatic rings. The van der Waals surface area contributed by atoms with Crippen molar-refractivity contribution in [3.8, 4) is 0 Å². The van der Waals surface area contributed by atoms with Crippen molar-refractivity contribution in [2.24, 2.45) is 17.9 Å². The molecule has 8 nitrogen and oxygen atoms in total. The van der Waals surface area contributed by atoms with Gasteiger partial charge in [-0.15, -0.1) is 0 Å². The fraction of sp³-hybridized carbons (Fsp3) is 0.333. The Balaban J connectivity index is 2.82. The van der Waals surface area contributed by atoms with Gasteiger partial charge in [0.2, 0.25) is 0 Å². The van der Waals surface area contributed by atoms with Crippen LogP contribution in [-0.4, -0.2) is 35.8 Å². The van der Waals surface area contributed by atoms with Crippen LogP contribution in [0.15, 0.2) is 22.4 Å². The molecule has 0 saturated heterocycles. The molecule has 84 valence electrons. The van der Waals surface area contributed by atoms with E-state index in [0.717, 1.165) is 0 Å². The number of nitrogens with two attached hydrogens (primary N) is 1. The lowest BCUT2D eigenvalue weighted by Crippen LogP contribution is -2.34. The van der Waals surface area contributed by atoms with Gasteiger partial charge in [0.25, 0.3) is 10.0 Å². The fourth-order valence-corrected chi connectivity index (χ4v) is 2.02. The number of nitrogens with zero attached hydrogens (tertiary/aromatic N) is 3. The summed E-state index contributed by atoms with van der Waals surface area (Å²) in [5, 5.41) is 14.6. The third-order valence-corrected chi connectivity index (χ3v) is 3.10. The van der Waals surface area contributed by atoms with Crippen molar-refractivity contribution < 1.29 is 13.6 Å². The van der Waals surface area contributed by atoms with Gasteiger partial charge in [0, 0.05) is 7.05 Å². The third-order valence-electron chi connectivity index (χ3n) is 1.62. The molecule has 0 aliphatic heterocycles. The van der Waals surface area contributed by atoms with Gasteiger partial charge >= 0.3 is 0 Å². The first-order chi connectivity index (χ1) is 6.97. The highest BCUT2D eigenvalue weighted by molar-refractivity contribution is 7.89. The van der Waals surface area contributed by atoms with Crippen molar-refractivity contribution in [1.82, 2.24) is 14.5 Å². The van der Waals surface area contributed by atoms with Crippen LogP contribution < -0.4 is 10.5 Å². The van der Waals surface area contributed by atoms with Gasteiger partial charge in [0.15, 0.2) is 10.9 Å². The van der Waals surface area contributed by atoms with Crippen LogP contribution in [0.25, 0.3) is 0 Å². The van der Waals surface area contributed by atoms with Crippen LogP contribution in [0, 0.1) is 0 Å². The molecule has 1 aromatic heterocycles. The van der Waals surface area contributed by atoms with Crippen molar-refractivity contribution in [2.75, 3.05) is 6.54 Å². The maximum absolute atomic E-state index is 11.6. The van der Waals surface area contributed by atoms with Gasteiger partial charge in [0.1, 0.15) is 0 Å². The Morgan fingerprint density at radius 1 is 1.80 bits per heavy atom. The van der Waals surface area contributed by atoms with Gasteiger partial charge in [0.05, 0.1) is 12.7 Å². The summed E-state index contributed by atoms with van der Waals surface area (Å²) < 4.78 is 26.5. The molecule has 0 atom stereocenters. The SMILES string of the molecule is Cn1nccc1S(=O)(=O)NC/C(N)=N/O. The van der Waals surface area contributed by atoms with Crippen molar-refractivity contribution >= 4 is 15.9 Å². The van der Waals surface area contributed by atoms with Crippen LogP contribution in [0.5, 0.6) is 0 Å². The number of sulfonamides is 1. The number of hydrogen-bond acceptors (Lipinski definition) is 5. The predicted molar refractivity (Wildman–Crippen MR) is 51.8 cm³/mol. The first kappa shape index (κ1) is 11.5. The number of nitrogens with one attached hydrogen (secondary N) is 1. The Morgan fingerprint density at radius 2 is 2.47 bits per heavy atom. The molecule has 0 amide bonds.